The van der Waals surface area contributed by atoms with Crippen LogP contribution in [0.25, 0.3) is 5.76 Å². The van der Waals surface area contributed by atoms with Gasteiger partial charge in [-0.15, -0.1) is 0 Å². The summed E-state index contributed by atoms with van der Waals surface area (Å²) in [6, 6.07) is 23.0. The van der Waals surface area contributed by atoms with Crippen LogP contribution in [-0.2, 0) is 9.59 Å². The lowest BCUT2D eigenvalue weighted by Crippen LogP contribution is -2.33. The number of likely N-dealkylation sites (tertiary alicyclic amines) is 1. The number of aliphatic hydroxyl groups excluding tert-OH is 1. The third kappa shape index (κ3) is 6.72. The third-order valence-electron chi connectivity index (χ3n) is 7.04. The number of ketones is 1. The minimum absolute atomic E-state index is 0.0670. The Balaban J connectivity index is 1.74. The molecule has 1 heterocycles. The van der Waals surface area contributed by atoms with E-state index >= 15 is 0 Å². The molecule has 0 aromatic heterocycles. The van der Waals surface area contributed by atoms with E-state index in [4.69, 9.17) is 9.47 Å². The van der Waals surface area contributed by atoms with Crippen LogP contribution >= 0.6 is 0 Å². The SMILES string of the molecule is CCCOc1cccc(/C(O)=C2\C(=O)C(=O)N(CCCN(CC)CC)C2c2cccc(Oc3ccccc3)c2)c1. The highest BCUT2D eigenvalue weighted by Gasteiger charge is 2.46. The van der Waals surface area contributed by atoms with Gasteiger partial charge in [0.1, 0.15) is 23.0 Å². The number of amides is 1. The second-order valence-corrected chi connectivity index (χ2v) is 9.74. The molecular formula is C33H38N2O5. The lowest BCUT2D eigenvalue weighted by atomic mass is 9.95. The van der Waals surface area contributed by atoms with Gasteiger partial charge in [0.25, 0.3) is 11.7 Å². The van der Waals surface area contributed by atoms with Crippen molar-refractivity contribution in [2.45, 2.75) is 39.7 Å². The second kappa shape index (κ2) is 13.8. The van der Waals surface area contributed by atoms with Crippen LogP contribution in [0.5, 0.6) is 17.2 Å². The van der Waals surface area contributed by atoms with Gasteiger partial charge in [-0.25, -0.2) is 0 Å². The molecule has 0 saturated carbocycles. The maximum atomic E-state index is 13.5. The molecule has 40 heavy (non-hydrogen) atoms. The quantitative estimate of drug-likeness (QED) is 0.153. The fourth-order valence-electron chi connectivity index (χ4n) is 4.94. The van der Waals surface area contributed by atoms with E-state index in [0.29, 0.717) is 47.9 Å². The number of aliphatic hydroxyl groups is 1. The number of nitrogens with zero attached hydrogens (tertiary/aromatic N) is 2. The fourth-order valence-corrected chi connectivity index (χ4v) is 4.94. The molecule has 7 heteroatoms. The van der Waals surface area contributed by atoms with Crippen LogP contribution in [-0.4, -0.2) is 59.4 Å². The molecule has 1 saturated heterocycles. The monoisotopic (exact) mass is 542 g/mol. The Kier molecular flexibility index (Phi) is 9.97. The van der Waals surface area contributed by atoms with E-state index in [1.807, 2.05) is 61.5 Å². The van der Waals surface area contributed by atoms with Crippen molar-refractivity contribution in [3.63, 3.8) is 0 Å². The number of carbonyl (C=O) groups excluding carboxylic acids is 2. The van der Waals surface area contributed by atoms with Gasteiger partial charge in [-0.05, 0) is 74.4 Å². The standard InChI is InChI=1S/C33H38N2O5/c1-4-21-39-27-17-11-14-25(23-27)31(36)29-30(35(33(38)32(29)37)20-12-19-34(5-2)6-3)24-13-10-18-28(22-24)40-26-15-8-7-9-16-26/h7-11,13-18,22-23,30,36H,4-6,12,19-21H2,1-3H3/b31-29+. The van der Waals surface area contributed by atoms with Crippen molar-refractivity contribution in [3.05, 3.63) is 95.6 Å². The Morgan fingerprint density at radius 2 is 1.57 bits per heavy atom. The highest BCUT2D eigenvalue weighted by Crippen LogP contribution is 2.41. The zero-order valence-corrected chi connectivity index (χ0v) is 23.5. The summed E-state index contributed by atoms with van der Waals surface area (Å²) in [7, 11) is 0. The van der Waals surface area contributed by atoms with Gasteiger partial charge in [0.05, 0.1) is 18.2 Å². The number of carbonyl (C=O) groups is 2. The molecule has 0 aliphatic carbocycles. The molecular weight excluding hydrogens is 504 g/mol. The van der Waals surface area contributed by atoms with Crippen LogP contribution in [0.1, 0.15) is 50.8 Å². The van der Waals surface area contributed by atoms with Crippen molar-refractivity contribution < 1.29 is 24.2 Å². The lowest BCUT2D eigenvalue weighted by molar-refractivity contribution is -0.140. The maximum Gasteiger partial charge on any atom is 0.295 e. The molecule has 0 spiro atoms. The van der Waals surface area contributed by atoms with Crippen LogP contribution < -0.4 is 9.47 Å². The van der Waals surface area contributed by atoms with Crippen LogP contribution in [0.2, 0.25) is 0 Å². The molecule has 1 aliphatic heterocycles. The number of rotatable bonds is 13. The summed E-state index contributed by atoms with van der Waals surface area (Å²) in [5.74, 6) is 0.322. The van der Waals surface area contributed by atoms with Crippen molar-refractivity contribution in [3.8, 4) is 17.2 Å². The van der Waals surface area contributed by atoms with Crippen LogP contribution in [0, 0.1) is 0 Å². The van der Waals surface area contributed by atoms with Crippen molar-refractivity contribution in [2.75, 3.05) is 32.8 Å². The maximum absolute atomic E-state index is 13.5. The first-order chi connectivity index (χ1) is 19.5. The molecule has 1 N–H and O–H groups in total. The average Bonchev–Trinajstić information content (AvgIpc) is 3.23. The van der Waals surface area contributed by atoms with Gasteiger partial charge in [-0.3, -0.25) is 9.59 Å². The van der Waals surface area contributed by atoms with Crippen LogP contribution in [0.15, 0.2) is 84.4 Å². The molecule has 210 valence electrons. The lowest BCUT2D eigenvalue weighted by Gasteiger charge is -2.27. The summed E-state index contributed by atoms with van der Waals surface area (Å²) in [6.45, 7) is 9.76. The molecule has 4 rings (SSSR count). The molecule has 3 aromatic rings. The minimum Gasteiger partial charge on any atom is -0.507 e. The highest BCUT2D eigenvalue weighted by atomic mass is 16.5. The van der Waals surface area contributed by atoms with Gasteiger partial charge in [-0.2, -0.15) is 0 Å². The number of ether oxygens (including phenoxy) is 2. The highest BCUT2D eigenvalue weighted by molar-refractivity contribution is 6.46. The van der Waals surface area contributed by atoms with E-state index < -0.39 is 17.7 Å². The average molecular weight is 543 g/mol. The molecule has 1 aliphatic rings. The summed E-state index contributed by atoms with van der Waals surface area (Å²) in [4.78, 5) is 30.7. The van der Waals surface area contributed by atoms with Crippen LogP contribution in [0.4, 0.5) is 0 Å². The van der Waals surface area contributed by atoms with E-state index in [1.165, 1.54) is 0 Å². The predicted molar refractivity (Wildman–Crippen MR) is 157 cm³/mol. The van der Waals surface area contributed by atoms with E-state index in [0.717, 1.165) is 26.1 Å². The van der Waals surface area contributed by atoms with E-state index in [-0.39, 0.29) is 11.3 Å². The predicted octanol–water partition coefficient (Wildman–Crippen LogP) is 6.42. The first-order valence-electron chi connectivity index (χ1n) is 14.0. The third-order valence-corrected chi connectivity index (χ3v) is 7.04. The Labute approximate surface area is 236 Å². The minimum atomic E-state index is -0.753. The van der Waals surface area contributed by atoms with Gasteiger partial charge in [0.15, 0.2) is 0 Å². The number of para-hydroxylation sites is 1. The molecule has 1 atom stereocenters. The van der Waals surface area contributed by atoms with Gasteiger partial charge in [0, 0.05) is 12.1 Å². The number of hydrogen-bond acceptors (Lipinski definition) is 6. The number of Topliss-reactive ketones (excluding diaryl/α,β-unsaturated/α-hetero) is 1. The van der Waals surface area contributed by atoms with Crippen molar-refractivity contribution >= 4 is 17.4 Å². The van der Waals surface area contributed by atoms with Gasteiger partial charge < -0.3 is 24.4 Å². The summed E-state index contributed by atoms with van der Waals surface area (Å²) in [5.41, 5.74) is 1.18. The molecule has 1 fully saturated rings. The zero-order chi connectivity index (χ0) is 28.5. The zero-order valence-electron chi connectivity index (χ0n) is 23.5. The number of benzene rings is 3. The smallest absolute Gasteiger partial charge is 0.295 e. The Hall–Kier alpha value is -4.10. The van der Waals surface area contributed by atoms with E-state index in [1.54, 1.807) is 29.2 Å². The Morgan fingerprint density at radius 1 is 0.875 bits per heavy atom. The van der Waals surface area contributed by atoms with Crippen molar-refractivity contribution in [2.24, 2.45) is 0 Å². The summed E-state index contributed by atoms with van der Waals surface area (Å²) >= 11 is 0. The molecule has 0 radical (unpaired) electrons. The van der Waals surface area contributed by atoms with Gasteiger partial charge in [0.2, 0.25) is 0 Å². The molecule has 3 aromatic carbocycles. The fraction of sp³-hybridized carbons (Fsp3) is 0.333. The summed E-state index contributed by atoms with van der Waals surface area (Å²) in [6.07, 6.45) is 1.54. The first kappa shape index (κ1) is 28.9. The molecule has 0 bridgehead atoms. The topological polar surface area (TPSA) is 79.3 Å². The Morgan fingerprint density at radius 3 is 2.30 bits per heavy atom. The Bertz CT molecular complexity index is 1330. The van der Waals surface area contributed by atoms with Crippen molar-refractivity contribution in [1.29, 1.82) is 0 Å². The largest absolute Gasteiger partial charge is 0.507 e. The van der Waals surface area contributed by atoms with E-state index in [9.17, 15) is 14.7 Å². The van der Waals surface area contributed by atoms with Gasteiger partial charge in [-0.1, -0.05) is 63.2 Å². The molecule has 1 unspecified atom stereocenters. The summed E-state index contributed by atoms with van der Waals surface area (Å²) < 4.78 is 11.8. The number of hydrogen-bond donors (Lipinski definition) is 1. The summed E-state index contributed by atoms with van der Waals surface area (Å²) in [5, 5.41) is 11.5. The van der Waals surface area contributed by atoms with Crippen LogP contribution in [0.3, 0.4) is 0 Å². The van der Waals surface area contributed by atoms with E-state index in [2.05, 4.69) is 18.7 Å². The van der Waals surface area contributed by atoms with Crippen molar-refractivity contribution in [1.82, 2.24) is 9.80 Å². The first-order valence-corrected chi connectivity index (χ1v) is 14.0. The normalized spacial score (nSPS) is 16.5. The van der Waals surface area contributed by atoms with Gasteiger partial charge >= 0.3 is 0 Å². The second-order valence-electron chi connectivity index (χ2n) is 9.74. The molecule has 7 nitrogen and oxygen atoms in total. The molecule has 1 amide bonds.